The maximum atomic E-state index is 11.3. The van der Waals surface area contributed by atoms with Crippen molar-refractivity contribution < 1.29 is 4.79 Å². The zero-order valence-corrected chi connectivity index (χ0v) is 10.7. The van der Waals surface area contributed by atoms with E-state index in [-0.39, 0.29) is 11.2 Å². The van der Waals surface area contributed by atoms with E-state index in [0.717, 1.165) is 19.5 Å². The summed E-state index contributed by atoms with van der Waals surface area (Å²) in [4.78, 5) is 15.1. The van der Waals surface area contributed by atoms with Crippen LogP contribution in [-0.2, 0) is 16.8 Å². The predicted octanol–water partition coefficient (Wildman–Crippen LogP) is 2.52. The molecule has 0 saturated heterocycles. The molecule has 1 aromatic rings. The summed E-state index contributed by atoms with van der Waals surface area (Å²) in [5.41, 5.74) is 1.36. The lowest BCUT2D eigenvalue weighted by molar-refractivity contribution is -0.110. The van der Waals surface area contributed by atoms with Gasteiger partial charge in [-0.3, -0.25) is 4.79 Å². The van der Waals surface area contributed by atoms with Crippen LogP contribution in [0.15, 0.2) is 35.8 Å². The van der Waals surface area contributed by atoms with E-state index in [1.165, 1.54) is 10.4 Å². The average Bonchev–Trinajstić information content (AvgIpc) is 2.73. The molecule has 2 aliphatic rings. The third-order valence-electron chi connectivity index (χ3n) is 3.61. The van der Waals surface area contributed by atoms with Gasteiger partial charge in [-0.2, -0.15) is 0 Å². The van der Waals surface area contributed by atoms with E-state index < -0.39 is 0 Å². The fourth-order valence-corrected chi connectivity index (χ4v) is 3.73. The molecule has 0 amide bonds. The maximum absolute atomic E-state index is 11.3. The Balaban J connectivity index is 2.10. The van der Waals surface area contributed by atoms with Crippen LogP contribution in [0, 0.1) is 0 Å². The number of hydrogen-bond acceptors (Lipinski definition) is 3. The van der Waals surface area contributed by atoms with E-state index in [4.69, 9.17) is 0 Å². The highest BCUT2D eigenvalue weighted by Gasteiger charge is 2.34. The monoisotopic (exact) mass is 245 g/mol. The highest BCUT2D eigenvalue weighted by molar-refractivity contribution is 7.10. The molecule has 88 valence electrons. The quantitative estimate of drug-likeness (QED) is 0.700. The molecule has 0 saturated carbocycles. The topological polar surface area (TPSA) is 20.3 Å². The molecule has 1 aromatic heterocycles. The number of allylic oxidation sites excluding steroid dienone is 4. The van der Waals surface area contributed by atoms with Crippen molar-refractivity contribution in [2.75, 3.05) is 13.6 Å². The molecule has 1 aliphatic carbocycles. The first kappa shape index (κ1) is 10.9. The molecular weight excluding hydrogens is 230 g/mol. The summed E-state index contributed by atoms with van der Waals surface area (Å²) in [5, 5.41) is 2.16. The van der Waals surface area contributed by atoms with Crippen LogP contribution < -0.4 is 0 Å². The lowest BCUT2D eigenvalue weighted by Crippen LogP contribution is -2.25. The van der Waals surface area contributed by atoms with Crippen LogP contribution in [0.3, 0.4) is 0 Å². The first-order valence-electron chi connectivity index (χ1n) is 5.87. The second kappa shape index (κ2) is 3.93. The molecule has 3 heteroatoms. The van der Waals surface area contributed by atoms with Gasteiger partial charge in [0.05, 0.1) is 0 Å². The largest absolute Gasteiger partial charge is 0.302 e. The number of fused-ring (bicyclic) bond motifs is 2. The molecule has 17 heavy (non-hydrogen) atoms. The second-order valence-electron chi connectivity index (χ2n) is 4.87. The second-order valence-corrected chi connectivity index (χ2v) is 5.79. The van der Waals surface area contributed by atoms with Crippen LogP contribution in [0.1, 0.15) is 16.9 Å². The molecule has 0 aromatic carbocycles. The number of nitrogens with zero attached hydrogens (tertiary/aromatic N) is 1. The molecule has 2 heterocycles. The van der Waals surface area contributed by atoms with Gasteiger partial charge in [-0.15, -0.1) is 11.3 Å². The molecular formula is C14H15NOS. The van der Waals surface area contributed by atoms with Crippen molar-refractivity contribution >= 4 is 17.1 Å². The molecule has 0 atom stereocenters. The Morgan fingerprint density at radius 3 is 2.88 bits per heavy atom. The fraction of sp³-hybridized carbons (Fsp3) is 0.357. The van der Waals surface area contributed by atoms with Gasteiger partial charge < -0.3 is 4.90 Å². The maximum Gasteiger partial charge on any atom is 0.178 e. The van der Waals surface area contributed by atoms with Crippen molar-refractivity contribution in [2.24, 2.45) is 0 Å². The first-order chi connectivity index (χ1) is 8.20. The highest BCUT2D eigenvalue weighted by atomic mass is 32.1. The molecule has 3 rings (SSSR count). The fourth-order valence-electron chi connectivity index (χ4n) is 2.62. The van der Waals surface area contributed by atoms with Crippen LogP contribution in [0.5, 0.6) is 0 Å². The number of thiophene rings is 1. The lowest BCUT2D eigenvalue weighted by atomic mass is 9.78. The Kier molecular flexibility index (Phi) is 2.53. The van der Waals surface area contributed by atoms with Crippen LogP contribution in [0.4, 0.5) is 0 Å². The average molecular weight is 245 g/mol. The molecule has 0 fully saturated rings. The number of carbonyl (C=O) groups excluding carboxylic acids is 1. The number of carbonyl (C=O) groups is 1. The summed E-state index contributed by atoms with van der Waals surface area (Å²) in [6.07, 6.45) is 8.66. The van der Waals surface area contributed by atoms with E-state index in [0.29, 0.717) is 0 Å². The Labute approximate surface area is 105 Å². The summed E-state index contributed by atoms with van der Waals surface area (Å²) >= 11 is 1.81. The van der Waals surface area contributed by atoms with Crippen molar-refractivity contribution in [2.45, 2.75) is 18.4 Å². The summed E-state index contributed by atoms with van der Waals surface area (Å²) in [5.74, 6) is 0.103. The lowest BCUT2D eigenvalue weighted by Gasteiger charge is -2.27. The molecule has 1 aliphatic heterocycles. The third-order valence-corrected chi connectivity index (χ3v) is 4.76. The zero-order valence-electron chi connectivity index (χ0n) is 9.85. The van der Waals surface area contributed by atoms with Crippen LogP contribution in [0.25, 0.3) is 0 Å². The Hall–Kier alpha value is -1.19. The van der Waals surface area contributed by atoms with Gasteiger partial charge in [0.25, 0.3) is 0 Å². The van der Waals surface area contributed by atoms with E-state index in [1.807, 2.05) is 0 Å². The molecule has 1 spiro atoms. The Bertz CT molecular complexity index is 496. The summed E-state index contributed by atoms with van der Waals surface area (Å²) in [6, 6.07) is 2.21. The van der Waals surface area contributed by atoms with Crippen LogP contribution in [0.2, 0.25) is 0 Å². The molecule has 0 radical (unpaired) electrons. The minimum absolute atomic E-state index is 0.0395. The smallest absolute Gasteiger partial charge is 0.178 e. The zero-order chi connectivity index (χ0) is 11.9. The number of hydrogen-bond donors (Lipinski definition) is 0. The van der Waals surface area contributed by atoms with Crippen molar-refractivity contribution in [3.63, 3.8) is 0 Å². The van der Waals surface area contributed by atoms with Gasteiger partial charge in [0.1, 0.15) is 0 Å². The van der Waals surface area contributed by atoms with E-state index in [2.05, 4.69) is 35.5 Å². The van der Waals surface area contributed by atoms with Gasteiger partial charge in [0.2, 0.25) is 0 Å². The molecule has 2 nitrogen and oxygen atoms in total. The van der Waals surface area contributed by atoms with Gasteiger partial charge >= 0.3 is 0 Å². The first-order valence-corrected chi connectivity index (χ1v) is 6.75. The Morgan fingerprint density at radius 2 is 2.12 bits per heavy atom. The molecule has 0 bridgehead atoms. The predicted molar refractivity (Wildman–Crippen MR) is 70.2 cm³/mol. The SMILES string of the molecule is CN1CCC2(C=CC(=O)C=C2)c2sccc2C1. The summed E-state index contributed by atoms with van der Waals surface area (Å²) in [7, 11) is 2.15. The Morgan fingerprint density at radius 1 is 1.35 bits per heavy atom. The minimum atomic E-state index is -0.0395. The van der Waals surface area contributed by atoms with Crippen molar-refractivity contribution in [1.29, 1.82) is 0 Å². The van der Waals surface area contributed by atoms with E-state index in [9.17, 15) is 4.79 Å². The van der Waals surface area contributed by atoms with Crippen LogP contribution in [-0.4, -0.2) is 24.3 Å². The summed E-state index contributed by atoms with van der Waals surface area (Å²) in [6.45, 7) is 2.07. The van der Waals surface area contributed by atoms with Gasteiger partial charge in [-0.05, 0) is 49.2 Å². The number of rotatable bonds is 0. The third kappa shape index (κ3) is 1.79. The number of ketones is 1. The van der Waals surface area contributed by atoms with Gasteiger partial charge in [0.15, 0.2) is 5.78 Å². The highest BCUT2D eigenvalue weighted by Crippen LogP contribution is 2.41. The summed E-state index contributed by atoms with van der Waals surface area (Å²) < 4.78 is 0. The normalized spacial score (nSPS) is 22.8. The van der Waals surface area contributed by atoms with Gasteiger partial charge in [-0.25, -0.2) is 0 Å². The molecule has 0 N–H and O–H groups in total. The van der Waals surface area contributed by atoms with Crippen molar-refractivity contribution in [3.8, 4) is 0 Å². The van der Waals surface area contributed by atoms with Gasteiger partial charge in [0, 0.05) is 16.8 Å². The van der Waals surface area contributed by atoms with Crippen LogP contribution >= 0.6 is 11.3 Å². The minimum Gasteiger partial charge on any atom is -0.302 e. The standard InChI is InChI=1S/C14H15NOS/c1-15-8-7-14(5-2-12(16)3-6-14)13-11(10-15)4-9-17-13/h2-6,9H,7-8,10H2,1H3. The van der Waals surface area contributed by atoms with E-state index in [1.54, 1.807) is 23.5 Å². The van der Waals surface area contributed by atoms with Crippen molar-refractivity contribution in [3.05, 3.63) is 46.2 Å². The van der Waals surface area contributed by atoms with E-state index >= 15 is 0 Å². The van der Waals surface area contributed by atoms with Crippen molar-refractivity contribution in [1.82, 2.24) is 4.90 Å². The van der Waals surface area contributed by atoms with Gasteiger partial charge in [-0.1, -0.05) is 12.2 Å². The molecule has 0 unspecified atom stereocenters.